The van der Waals surface area contributed by atoms with Crippen molar-refractivity contribution in [1.82, 2.24) is 4.90 Å². The van der Waals surface area contributed by atoms with Crippen LogP contribution in [0.5, 0.6) is 5.75 Å². The number of hydrogen-bond acceptors (Lipinski definition) is 4. The molecule has 0 bridgehead atoms. The molecule has 2 aliphatic heterocycles. The molecule has 9 heteroatoms. The van der Waals surface area contributed by atoms with Crippen LogP contribution in [-0.4, -0.2) is 36.1 Å². The van der Waals surface area contributed by atoms with Gasteiger partial charge in [0.1, 0.15) is 5.75 Å². The van der Waals surface area contributed by atoms with Gasteiger partial charge >= 0.3 is 6.18 Å². The maximum absolute atomic E-state index is 13.6. The van der Waals surface area contributed by atoms with E-state index in [9.17, 15) is 22.8 Å². The lowest BCUT2D eigenvalue weighted by Crippen LogP contribution is -2.49. The molecular formula is C21H19F3N2O3S. The Balaban J connectivity index is 1.80. The van der Waals surface area contributed by atoms with Crippen molar-refractivity contribution in [3.63, 3.8) is 0 Å². The van der Waals surface area contributed by atoms with Gasteiger partial charge in [0, 0.05) is 24.8 Å². The maximum Gasteiger partial charge on any atom is 0.416 e. The van der Waals surface area contributed by atoms with Crippen LogP contribution in [0, 0.1) is 0 Å². The topological polar surface area (TPSA) is 49.9 Å². The number of benzene rings is 2. The summed E-state index contributed by atoms with van der Waals surface area (Å²) in [6.45, 7) is 1.80. The Bertz CT molecular complexity index is 1030. The molecule has 0 unspecified atom stereocenters. The lowest BCUT2D eigenvalue weighted by atomic mass is 10.1. The molecule has 2 amide bonds. The van der Waals surface area contributed by atoms with Crippen LogP contribution in [0.1, 0.15) is 23.6 Å². The lowest BCUT2D eigenvalue weighted by Gasteiger charge is -2.32. The number of anilines is 1. The number of ether oxygens (including phenoxy) is 1. The summed E-state index contributed by atoms with van der Waals surface area (Å²) < 4.78 is 44.7. The van der Waals surface area contributed by atoms with Crippen LogP contribution in [0.15, 0.2) is 42.5 Å². The highest BCUT2D eigenvalue weighted by molar-refractivity contribution is 8.01. The van der Waals surface area contributed by atoms with E-state index < -0.39 is 16.6 Å². The van der Waals surface area contributed by atoms with Crippen LogP contribution in [-0.2, 0) is 27.2 Å². The number of halogens is 3. The van der Waals surface area contributed by atoms with Crippen LogP contribution >= 0.6 is 11.8 Å². The SMILES string of the molecule is COc1ccc2c(c1)[C@@]1(SCCN1C(C)=O)C(=O)N2Cc1cccc(C(F)(F)F)c1. The molecule has 0 saturated carbocycles. The minimum atomic E-state index is -4.47. The molecule has 1 saturated heterocycles. The number of thioether (sulfide) groups is 1. The Hall–Kier alpha value is -2.68. The predicted molar refractivity (Wildman–Crippen MR) is 107 cm³/mol. The molecule has 0 aromatic heterocycles. The van der Waals surface area contributed by atoms with Crippen LogP contribution in [0.25, 0.3) is 0 Å². The molecular weight excluding hydrogens is 417 g/mol. The van der Waals surface area contributed by atoms with Gasteiger partial charge in [-0.05, 0) is 35.9 Å². The lowest BCUT2D eigenvalue weighted by molar-refractivity contribution is -0.138. The van der Waals surface area contributed by atoms with E-state index in [1.807, 2.05) is 0 Å². The summed E-state index contributed by atoms with van der Waals surface area (Å²) in [5.74, 6) is 0.557. The van der Waals surface area contributed by atoms with Gasteiger partial charge in [-0.2, -0.15) is 13.2 Å². The quantitative estimate of drug-likeness (QED) is 0.730. The first-order valence-electron chi connectivity index (χ1n) is 9.27. The fourth-order valence-electron chi connectivity index (χ4n) is 4.04. The number of carbonyl (C=O) groups excluding carboxylic acids is 2. The molecule has 0 aliphatic carbocycles. The average Bonchev–Trinajstić information content (AvgIpc) is 3.25. The van der Waals surface area contributed by atoms with Gasteiger partial charge in [0.2, 0.25) is 5.91 Å². The highest BCUT2D eigenvalue weighted by Gasteiger charge is 2.59. The largest absolute Gasteiger partial charge is 0.497 e. The standard InChI is InChI=1S/C21H19F3N2O3S/c1-13(27)26-8-9-30-20(26)17-11-16(29-2)6-7-18(17)25(19(20)28)12-14-4-3-5-15(10-14)21(22,23)24/h3-7,10-11H,8-9,12H2,1-2H3/t20-/m1/s1. The Morgan fingerprint density at radius 2 is 2.00 bits per heavy atom. The molecule has 0 radical (unpaired) electrons. The second-order valence-electron chi connectivity index (χ2n) is 7.14. The third-order valence-corrected chi connectivity index (χ3v) is 6.80. The van der Waals surface area contributed by atoms with Gasteiger partial charge in [-0.3, -0.25) is 9.59 Å². The number of nitrogens with zero attached hydrogens (tertiary/aromatic N) is 2. The summed E-state index contributed by atoms with van der Waals surface area (Å²) in [4.78, 5) is 27.7. The molecule has 30 heavy (non-hydrogen) atoms. The highest BCUT2D eigenvalue weighted by Crippen LogP contribution is 2.55. The number of alkyl halides is 3. The smallest absolute Gasteiger partial charge is 0.416 e. The van der Waals surface area contributed by atoms with Gasteiger partial charge in [0.25, 0.3) is 5.91 Å². The van der Waals surface area contributed by atoms with E-state index in [1.165, 1.54) is 41.7 Å². The molecule has 1 fully saturated rings. The monoisotopic (exact) mass is 436 g/mol. The molecule has 4 rings (SSSR count). The molecule has 5 nitrogen and oxygen atoms in total. The van der Waals surface area contributed by atoms with E-state index in [4.69, 9.17) is 4.74 Å². The van der Waals surface area contributed by atoms with Gasteiger partial charge in [0.15, 0.2) is 4.87 Å². The Labute approximate surface area is 175 Å². The number of carbonyl (C=O) groups is 2. The van der Waals surface area contributed by atoms with E-state index in [1.54, 1.807) is 24.3 Å². The Kier molecular flexibility index (Phi) is 4.96. The fourth-order valence-corrected chi connectivity index (χ4v) is 5.54. The summed E-state index contributed by atoms with van der Waals surface area (Å²) in [5, 5.41) is 0. The molecule has 1 atom stereocenters. The minimum Gasteiger partial charge on any atom is -0.497 e. The Morgan fingerprint density at radius 1 is 1.23 bits per heavy atom. The fraction of sp³-hybridized carbons (Fsp3) is 0.333. The zero-order chi connectivity index (χ0) is 21.7. The van der Waals surface area contributed by atoms with E-state index in [0.717, 1.165) is 12.1 Å². The van der Waals surface area contributed by atoms with Crippen molar-refractivity contribution in [1.29, 1.82) is 0 Å². The van der Waals surface area contributed by atoms with E-state index in [0.29, 0.717) is 34.9 Å². The highest BCUT2D eigenvalue weighted by atomic mass is 32.2. The molecule has 2 heterocycles. The van der Waals surface area contributed by atoms with E-state index >= 15 is 0 Å². The van der Waals surface area contributed by atoms with Crippen molar-refractivity contribution in [2.75, 3.05) is 24.3 Å². The van der Waals surface area contributed by atoms with Crippen LogP contribution < -0.4 is 9.64 Å². The van der Waals surface area contributed by atoms with Gasteiger partial charge in [-0.25, -0.2) is 0 Å². The van der Waals surface area contributed by atoms with Crippen molar-refractivity contribution >= 4 is 29.3 Å². The van der Waals surface area contributed by atoms with Crippen molar-refractivity contribution < 1.29 is 27.5 Å². The number of rotatable bonds is 3. The van der Waals surface area contributed by atoms with Gasteiger partial charge in [-0.1, -0.05) is 12.1 Å². The first-order chi connectivity index (χ1) is 14.2. The normalized spacial score (nSPS) is 20.8. The second-order valence-corrected chi connectivity index (χ2v) is 8.42. The summed E-state index contributed by atoms with van der Waals surface area (Å²) >= 11 is 1.36. The van der Waals surface area contributed by atoms with Crippen LogP contribution in [0.3, 0.4) is 0 Å². The zero-order valence-corrected chi connectivity index (χ0v) is 17.1. The number of hydrogen-bond donors (Lipinski definition) is 0. The first-order valence-corrected chi connectivity index (χ1v) is 10.3. The Morgan fingerprint density at radius 3 is 2.67 bits per heavy atom. The molecule has 2 aromatic carbocycles. The second kappa shape index (κ2) is 7.23. The number of methoxy groups -OCH3 is 1. The van der Waals surface area contributed by atoms with Gasteiger partial charge in [0.05, 0.1) is 24.9 Å². The maximum atomic E-state index is 13.6. The third-order valence-electron chi connectivity index (χ3n) is 5.38. The average molecular weight is 436 g/mol. The number of fused-ring (bicyclic) bond motifs is 2. The summed E-state index contributed by atoms with van der Waals surface area (Å²) in [7, 11) is 1.51. The van der Waals surface area contributed by atoms with Gasteiger partial charge < -0.3 is 14.5 Å². The molecule has 1 spiro atoms. The first kappa shape index (κ1) is 20.6. The third kappa shape index (κ3) is 3.12. The van der Waals surface area contributed by atoms with Crippen molar-refractivity contribution in [2.45, 2.75) is 24.5 Å². The van der Waals surface area contributed by atoms with E-state index in [-0.39, 0.29) is 18.4 Å². The minimum absolute atomic E-state index is 0.0316. The molecule has 2 aliphatic rings. The van der Waals surface area contributed by atoms with Gasteiger partial charge in [-0.15, -0.1) is 11.8 Å². The molecule has 0 N–H and O–H groups in total. The van der Waals surface area contributed by atoms with Crippen molar-refractivity contribution in [3.8, 4) is 5.75 Å². The zero-order valence-electron chi connectivity index (χ0n) is 16.3. The van der Waals surface area contributed by atoms with E-state index in [2.05, 4.69) is 0 Å². The summed E-state index contributed by atoms with van der Waals surface area (Å²) in [5.41, 5.74) is 0.779. The summed E-state index contributed by atoms with van der Waals surface area (Å²) in [6.07, 6.45) is -4.47. The predicted octanol–water partition coefficient (Wildman–Crippen LogP) is 4.01. The molecule has 2 aromatic rings. The van der Waals surface area contributed by atoms with Crippen molar-refractivity contribution in [2.24, 2.45) is 0 Å². The van der Waals surface area contributed by atoms with Crippen LogP contribution in [0.4, 0.5) is 18.9 Å². The molecule has 158 valence electrons. The number of amides is 2. The van der Waals surface area contributed by atoms with Crippen LogP contribution in [0.2, 0.25) is 0 Å². The van der Waals surface area contributed by atoms with Crippen molar-refractivity contribution in [3.05, 3.63) is 59.2 Å². The summed E-state index contributed by atoms with van der Waals surface area (Å²) in [6, 6.07) is 10.1.